The van der Waals surface area contributed by atoms with Crippen molar-refractivity contribution in [3.63, 3.8) is 0 Å². The van der Waals surface area contributed by atoms with Gasteiger partial charge in [-0.05, 0) is 37.0 Å². The van der Waals surface area contributed by atoms with Gasteiger partial charge in [-0.25, -0.2) is 4.85 Å². The Labute approximate surface area is 156 Å². The Bertz CT molecular complexity index is 974. The molecule has 1 N–H and O–H groups in total. The number of hydrogen-bond donors (Lipinski definition) is 1. The van der Waals surface area contributed by atoms with Crippen molar-refractivity contribution in [1.29, 1.82) is 0 Å². The highest BCUT2D eigenvalue weighted by Crippen LogP contribution is 2.26. The quantitative estimate of drug-likeness (QED) is 0.725. The molecule has 3 heterocycles. The summed E-state index contributed by atoms with van der Waals surface area (Å²) in [5.41, 5.74) is 2.56. The molecule has 7 heteroatoms. The summed E-state index contributed by atoms with van der Waals surface area (Å²) in [4.78, 5) is 26.5. The maximum Gasteiger partial charge on any atom is 0.251 e. The predicted octanol–water partition coefficient (Wildman–Crippen LogP) is 3.40. The van der Waals surface area contributed by atoms with Gasteiger partial charge in [0.2, 0.25) is 5.91 Å². The molecule has 0 saturated carbocycles. The summed E-state index contributed by atoms with van der Waals surface area (Å²) in [6.07, 6.45) is 5.81. The van der Waals surface area contributed by atoms with Crippen LogP contribution in [0.5, 0.6) is 0 Å². The zero-order valence-corrected chi connectivity index (χ0v) is 14.7. The van der Waals surface area contributed by atoms with Crippen molar-refractivity contribution in [1.82, 2.24) is 20.2 Å². The number of hydrogen-bond acceptors (Lipinski definition) is 4. The lowest BCUT2D eigenvalue weighted by atomic mass is 9.90. The summed E-state index contributed by atoms with van der Waals surface area (Å²) < 4.78 is 0. The number of rotatable bonds is 4. The Balaban J connectivity index is 1.50. The van der Waals surface area contributed by atoms with Crippen LogP contribution in [0.15, 0.2) is 48.8 Å². The SMILES string of the molecule is [C-]#[N+]c1ccc(C[C@H]2CCCN(c3n[nH]c(-c4ccncc4)n3)C2=O)cc1. The van der Waals surface area contributed by atoms with E-state index in [9.17, 15) is 4.79 Å². The third kappa shape index (κ3) is 3.55. The number of piperidine rings is 1. The number of benzene rings is 1. The van der Waals surface area contributed by atoms with Crippen LogP contribution >= 0.6 is 0 Å². The fourth-order valence-corrected chi connectivity index (χ4v) is 3.34. The molecule has 1 aliphatic heterocycles. The van der Waals surface area contributed by atoms with Gasteiger partial charge in [0.05, 0.1) is 6.57 Å². The summed E-state index contributed by atoms with van der Waals surface area (Å²) in [5, 5.41) is 7.15. The zero-order chi connectivity index (χ0) is 18.6. The number of amides is 1. The Morgan fingerprint density at radius 2 is 1.96 bits per heavy atom. The van der Waals surface area contributed by atoms with Gasteiger partial charge in [0.15, 0.2) is 11.5 Å². The third-order valence-electron chi connectivity index (χ3n) is 4.77. The van der Waals surface area contributed by atoms with Gasteiger partial charge in [0.1, 0.15) is 0 Å². The van der Waals surface area contributed by atoms with E-state index < -0.39 is 0 Å². The van der Waals surface area contributed by atoms with Crippen molar-refractivity contribution in [2.24, 2.45) is 5.92 Å². The molecule has 2 aromatic heterocycles. The fourth-order valence-electron chi connectivity index (χ4n) is 3.34. The number of carbonyl (C=O) groups is 1. The number of nitrogens with one attached hydrogen (secondary N) is 1. The molecule has 0 aliphatic carbocycles. The first-order chi connectivity index (χ1) is 13.2. The molecule has 7 nitrogen and oxygen atoms in total. The first-order valence-corrected chi connectivity index (χ1v) is 8.85. The van der Waals surface area contributed by atoms with Gasteiger partial charge in [-0.2, -0.15) is 4.98 Å². The van der Waals surface area contributed by atoms with Crippen molar-refractivity contribution in [3.05, 3.63) is 65.8 Å². The van der Waals surface area contributed by atoms with Crippen molar-refractivity contribution in [2.75, 3.05) is 11.4 Å². The second kappa shape index (κ2) is 7.38. The molecule has 0 bridgehead atoms. The van der Waals surface area contributed by atoms with Gasteiger partial charge in [0, 0.05) is 30.4 Å². The minimum atomic E-state index is -0.0968. The van der Waals surface area contributed by atoms with E-state index in [0.29, 0.717) is 30.4 Å². The van der Waals surface area contributed by atoms with Gasteiger partial charge in [0.25, 0.3) is 5.95 Å². The van der Waals surface area contributed by atoms with E-state index in [1.807, 2.05) is 24.3 Å². The summed E-state index contributed by atoms with van der Waals surface area (Å²) in [5.74, 6) is 0.994. The summed E-state index contributed by atoms with van der Waals surface area (Å²) in [7, 11) is 0. The van der Waals surface area contributed by atoms with E-state index in [-0.39, 0.29) is 11.8 Å². The Kier molecular flexibility index (Phi) is 4.62. The number of anilines is 1. The summed E-state index contributed by atoms with van der Waals surface area (Å²) in [6.45, 7) is 7.65. The molecular weight excluding hydrogens is 340 g/mol. The van der Waals surface area contributed by atoms with Crippen LogP contribution < -0.4 is 4.90 Å². The molecule has 1 fully saturated rings. The first-order valence-electron chi connectivity index (χ1n) is 8.85. The monoisotopic (exact) mass is 358 g/mol. The normalized spacial score (nSPS) is 16.9. The van der Waals surface area contributed by atoms with Crippen LogP contribution in [0.2, 0.25) is 0 Å². The third-order valence-corrected chi connectivity index (χ3v) is 4.77. The highest BCUT2D eigenvalue weighted by atomic mass is 16.2. The number of carbonyl (C=O) groups excluding carboxylic acids is 1. The van der Waals surface area contributed by atoms with Crippen LogP contribution in [0.4, 0.5) is 11.6 Å². The molecule has 134 valence electrons. The molecule has 0 spiro atoms. The highest BCUT2D eigenvalue weighted by Gasteiger charge is 2.31. The highest BCUT2D eigenvalue weighted by molar-refractivity contribution is 5.94. The van der Waals surface area contributed by atoms with E-state index >= 15 is 0 Å². The van der Waals surface area contributed by atoms with Crippen molar-refractivity contribution >= 4 is 17.5 Å². The van der Waals surface area contributed by atoms with E-state index in [1.165, 1.54) is 0 Å². The largest absolute Gasteiger partial charge is 0.279 e. The summed E-state index contributed by atoms with van der Waals surface area (Å²) in [6, 6.07) is 11.1. The average molecular weight is 358 g/mol. The van der Waals surface area contributed by atoms with Crippen LogP contribution in [0, 0.1) is 12.5 Å². The number of aromatic nitrogens is 4. The van der Waals surface area contributed by atoms with Crippen molar-refractivity contribution in [2.45, 2.75) is 19.3 Å². The maximum atomic E-state index is 13.0. The Hall–Kier alpha value is -3.53. The Morgan fingerprint density at radius 1 is 1.19 bits per heavy atom. The molecule has 0 unspecified atom stereocenters. The topological polar surface area (TPSA) is 79.1 Å². The molecule has 0 radical (unpaired) electrons. The minimum absolute atomic E-state index is 0.0517. The number of pyridine rings is 1. The fraction of sp³-hybridized carbons (Fsp3) is 0.250. The van der Waals surface area contributed by atoms with Gasteiger partial charge in [-0.15, -0.1) is 5.10 Å². The molecule has 4 rings (SSSR count). The molecule has 1 aromatic carbocycles. The van der Waals surface area contributed by atoms with Crippen molar-refractivity contribution < 1.29 is 4.79 Å². The molecule has 1 amide bonds. The number of nitrogens with zero attached hydrogens (tertiary/aromatic N) is 5. The molecular formula is C20H18N6O. The van der Waals surface area contributed by atoms with E-state index in [4.69, 9.17) is 6.57 Å². The molecule has 1 aliphatic rings. The standard InChI is InChI=1S/C20H18N6O/c1-21-17-6-4-14(5-7-17)13-16-3-2-12-26(19(16)27)20-23-18(24-25-20)15-8-10-22-11-9-15/h4-11,16H,2-3,12-13H2,(H,23,24,25)/t16-/m1/s1. The molecule has 1 saturated heterocycles. The van der Waals surface area contributed by atoms with Crippen LogP contribution in [0.3, 0.4) is 0 Å². The lowest BCUT2D eigenvalue weighted by Crippen LogP contribution is -2.42. The zero-order valence-electron chi connectivity index (χ0n) is 14.7. The Morgan fingerprint density at radius 3 is 2.70 bits per heavy atom. The summed E-state index contributed by atoms with van der Waals surface area (Å²) >= 11 is 0. The predicted molar refractivity (Wildman–Crippen MR) is 101 cm³/mol. The van der Waals surface area contributed by atoms with E-state index in [1.54, 1.807) is 29.4 Å². The van der Waals surface area contributed by atoms with E-state index in [0.717, 1.165) is 24.0 Å². The van der Waals surface area contributed by atoms with Gasteiger partial charge < -0.3 is 0 Å². The minimum Gasteiger partial charge on any atom is -0.279 e. The van der Waals surface area contributed by atoms with Crippen LogP contribution in [-0.4, -0.2) is 32.6 Å². The molecule has 27 heavy (non-hydrogen) atoms. The lowest BCUT2D eigenvalue weighted by Gasteiger charge is -2.30. The molecule has 3 aromatic rings. The van der Waals surface area contributed by atoms with Gasteiger partial charge in [-0.1, -0.05) is 24.3 Å². The lowest BCUT2D eigenvalue weighted by molar-refractivity contribution is -0.123. The first kappa shape index (κ1) is 16.9. The van der Waals surface area contributed by atoms with Gasteiger partial charge in [-0.3, -0.25) is 19.8 Å². The number of H-pyrrole nitrogens is 1. The van der Waals surface area contributed by atoms with Crippen LogP contribution in [-0.2, 0) is 11.2 Å². The van der Waals surface area contributed by atoms with Crippen molar-refractivity contribution in [3.8, 4) is 11.4 Å². The van der Waals surface area contributed by atoms with E-state index in [2.05, 4.69) is 25.0 Å². The second-order valence-electron chi connectivity index (χ2n) is 6.53. The van der Waals surface area contributed by atoms with Gasteiger partial charge >= 0.3 is 0 Å². The number of aromatic amines is 1. The smallest absolute Gasteiger partial charge is 0.251 e. The maximum absolute atomic E-state index is 13.0. The second-order valence-corrected chi connectivity index (χ2v) is 6.53. The molecule has 1 atom stereocenters. The average Bonchev–Trinajstić information content (AvgIpc) is 3.21. The van der Waals surface area contributed by atoms with Crippen LogP contribution in [0.25, 0.3) is 16.2 Å². The van der Waals surface area contributed by atoms with Crippen LogP contribution in [0.1, 0.15) is 18.4 Å².